The van der Waals surface area contributed by atoms with Gasteiger partial charge in [-0.2, -0.15) is 0 Å². The van der Waals surface area contributed by atoms with Gasteiger partial charge in [0.05, 0.1) is 0 Å². The molecule has 0 amide bonds. The highest BCUT2D eigenvalue weighted by atomic mass is 16.5. The number of nitrogens with two attached hydrogens (primary N) is 6. The van der Waals surface area contributed by atoms with Crippen LogP contribution >= 0.6 is 0 Å². The molecule has 0 bridgehead atoms. The van der Waals surface area contributed by atoms with E-state index in [-0.39, 0.29) is 0 Å². The van der Waals surface area contributed by atoms with Gasteiger partial charge in [0.1, 0.15) is 11.5 Å². The zero-order chi connectivity index (χ0) is 19.6. The van der Waals surface area contributed by atoms with E-state index in [1.807, 2.05) is 0 Å². The molecule has 0 aliphatic rings. The Hall–Kier alpha value is -2.68. The van der Waals surface area contributed by atoms with Crippen molar-refractivity contribution in [3.05, 3.63) is 59.7 Å². The van der Waals surface area contributed by atoms with Crippen molar-refractivity contribution in [1.29, 1.82) is 0 Å². The first-order valence-electron chi connectivity index (χ1n) is 7.45. The Bertz CT molecular complexity index is 726. The van der Waals surface area contributed by atoms with Gasteiger partial charge in [-0.05, 0) is 24.3 Å². The van der Waals surface area contributed by atoms with E-state index in [1.54, 1.807) is 24.3 Å². The molecule has 0 heterocycles. The third-order valence-electron chi connectivity index (χ3n) is 3.34. The van der Waals surface area contributed by atoms with Crippen LogP contribution in [0.3, 0.4) is 0 Å². The Kier molecular flexibility index (Phi) is 5.22. The normalized spacial score (nSPS) is 12.4. The van der Waals surface area contributed by atoms with Crippen molar-refractivity contribution in [3.8, 4) is 23.8 Å². The monoisotopic (exact) mass is 358 g/mol. The number of ether oxygens (including phenoxy) is 2. The molecule has 0 atom stereocenters. The van der Waals surface area contributed by atoms with Gasteiger partial charge in [-0.15, -0.1) is 6.42 Å². The average Bonchev–Trinajstić information content (AvgIpc) is 2.52. The lowest BCUT2D eigenvalue weighted by Gasteiger charge is -2.25. The van der Waals surface area contributed by atoms with Gasteiger partial charge in [-0.3, -0.25) is 34.4 Å². The number of rotatable bonds is 6. The standard InChI is InChI=1S/C17H22N6O3/c1-2-15(24,11-3-7-13(8-4-11)25-16(18,19)20)12-5-9-14(10-6-12)26-17(21,22)23/h1,3-10,24H,18-23H2. The van der Waals surface area contributed by atoms with Crippen LogP contribution < -0.4 is 43.9 Å². The molecule has 2 aromatic carbocycles. The van der Waals surface area contributed by atoms with Gasteiger partial charge in [-0.25, -0.2) is 0 Å². The Balaban J connectivity index is 2.29. The van der Waals surface area contributed by atoms with Crippen molar-refractivity contribution in [2.45, 2.75) is 17.5 Å². The lowest BCUT2D eigenvalue weighted by Crippen LogP contribution is -2.62. The fraction of sp³-hybridized carbons (Fsp3) is 0.176. The summed E-state index contributed by atoms with van der Waals surface area (Å²) < 4.78 is 10.2. The third kappa shape index (κ3) is 4.92. The zero-order valence-corrected chi connectivity index (χ0v) is 13.9. The second kappa shape index (κ2) is 6.91. The molecule has 2 rings (SSSR count). The Morgan fingerprint density at radius 2 is 1.00 bits per heavy atom. The molecule has 26 heavy (non-hydrogen) atoms. The highest BCUT2D eigenvalue weighted by Gasteiger charge is 2.29. The van der Waals surface area contributed by atoms with Gasteiger partial charge >= 0.3 is 0 Å². The minimum Gasteiger partial charge on any atom is -0.447 e. The first-order valence-corrected chi connectivity index (χ1v) is 7.45. The maximum absolute atomic E-state index is 10.9. The molecular formula is C17H22N6O3. The van der Waals surface area contributed by atoms with Crippen molar-refractivity contribution < 1.29 is 14.6 Å². The van der Waals surface area contributed by atoms with E-state index in [9.17, 15) is 5.11 Å². The lowest BCUT2D eigenvalue weighted by atomic mass is 9.87. The Morgan fingerprint density at radius 1 is 0.692 bits per heavy atom. The van der Waals surface area contributed by atoms with Crippen LogP contribution in [0, 0.1) is 12.3 Å². The molecule has 0 saturated heterocycles. The average molecular weight is 358 g/mol. The van der Waals surface area contributed by atoms with Crippen molar-refractivity contribution in [1.82, 2.24) is 0 Å². The van der Waals surface area contributed by atoms with Gasteiger partial charge in [-0.1, -0.05) is 30.2 Å². The van der Waals surface area contributed by atoms with E-state index >= 15 is 0 Å². The summed E-state index contributed by atoms with van der Waals surface area (Å²) in [6, 6.07) is 12.4. The second-order valence-electron chi connectivity index (χ2n) is 5.81. The maximum atomic E-state index is 10.9. The summed E-state index contributed by atoms with van der Waals surface area (Å²) in [5.41, 5.74) is 31.4. The fourth-order valence-electron chi connectivity index (χ4n) is 2.27. The first-order chi connectivity index (χ1) is 11.9. The smallest absolute Gasteiger partial charge is 0.271 e. The minimum absolute atomic E-state index is 0.314. The number of hydrogen-bond acceptors (Lipinski definition) is 9. The molecular weight excluding hydrogens is 336 g/mol. The molecule has 0 aromatic heterocycles. The number of benzene rings is 2. The molecule has 0 saturated carbocycles. The van der Waals surface area contributed by atoms with Crippen LogP contribution in [0.25, 0.3) is 0 Å². The topological polar surface area (TPSA) is 195 Å². The zero-order valence-electron chi connectivity index (χ0n) is 13.9. The van der Waals surface area contributed by atoms with Gasteiger partial charge in [0.2, 0.25) is 0 Å². The van der Waals surface area contributed by atoms with Crippen LogP contribution in [0.4, 0.5) is 0 Å². The predicted molar refractivity (Wildman–Crippen MR) is 96.6 cm³/mol. The molecule has 0 fully saturated rings. The summed E-state index contributed by atoms with van der Waals surface area (Å²) in [6.07, 6.45) is 5.57. The molecule has 0 unspecified atom stereocenters. The van der Waals surface area contributed by atoms with Gasteiger partial charge in [0.25, 0.3) is 11.9 Å². The van der Waals surface area contributed by atoms with E-state index < -0.39 is 17.5 Å². The van der Waals surface area contributed by atoms with Crippen molar-refractivity contribution in [2.24, 2.45) is 34.4 Å². The van der Waals surface area contributed by atoms with E-state index in [0.29, 0.717) is 22.6 Å². The van der Waals surface area contributed by atoms with E-state index in [2.05, 4.69) is 5.92 Å². The summed E-state index contributed by atoms with van der Waals surface area (Å²) in [4.78, 5) is 0. The highest BCUT2D eigenvalue weighted by molar-refractivity contribution is 5.46. The van der Waals surface area contributed by atoms with Crippen LogP contribution in [0.15, 0.2) is 48.5 Å². The summed E-state index contributed by atoms with van der Waals surface area (Å²) in [7, 11) is 0. The Labute approximate surface area is 150 Å². The van der Waals surface area contributed by atoms with E-state index in [4.69, 9.17) is 50.3 Å². The molecule has 9 heteroatoms. The minimum atomic E-state index is -1.82. The summed E-state index contributed by atoms with van der Waals surface area (Å²) in [6.45, 7) is 0. The molecule has 0 spiro atoms. The van der Waals surface area contributed by atoms with Crippen molar-refractivity contribution in [2.75, 3.05) is 0 Å². The van der Waals surface area contributed by atoms with Crippen LogP contribution in [0.5, 0.6) is 11.5 Å². The molecule has 0 aliphatic heterocycles. The summed E-state index contributed by atoms with van der Waals surface area (Å²) in [5, 5.41) is 10.9. The van der Waals surface area contributed by atoms with Crippen LogP contribution in [0.1, 0.15) is 11.1 Å². The van der Waals surface area contributed by atoms with Crippen molar-refractivity contribution >= 4 is 0 Å². The second-order valence-corrected chi connectivity index (χ2v) is 5.81. The fourth-order valence-corrected chi connectivity index (χ4v) is 2.27. The molecule has 0 radical (unpaired) electrons. The largest absolute Gasteiger partial charge is 0.447 e. The van der Waals surface area contributed by atoms with Crippen LogP contribution in [-0.4, -0.2) is 17.1 Å². The predicted octanol–water partition coefficient (Wildman–Crippen LogP) is -1.71. The SMILES string of the molecule is C#CC(O)(c1ccc(OC(N)(N)N)cc1)c1ccc(OC(N)(N)N)cc1. The quantitative estimate of drug-likeness (QED) is 0.232. The van der Waals surface area contributed by atoms with E-state index in [1.165, 1.54) is 24.3 Å². The first kappa shape index (κ1) is 19.6. The number of terminal acetylenes is 1. The summed E-state index contributed by atoms with van der Waals surface area (Å²) >= 11 is 0. The third-order valence-corrected chi connectivity index (χ3v) is 3.34. The highest BCUT2D eigenvalue weighted by Crippen LogP contribution is 2.31. The van der Waals surface area contributed by atoms with Crippen molar-refractivity contribution in [3.63, 3.8) is 0 Å². The maximum Gasteiger partial charge on any atom is 0.271 e. The molecule has 13 N–H and O–H groups in total. The molecule has 0 aliphatic carbocycles. The molecule has 9 nitrogen and oxygen atoms in total. The summed E-state index contributed by atoms with van der Waals surface area (Å²) in [5.74, 6) is -0.630. The lowest BCUT2D eigenvalue weighted by molar-refractivity contribution is 0.0896. The number of aliphatic hydroxyl groups is 1. The van der Waals surface area contributed by atoms with E-state index in [0.717, 1.165) is 0 Å². The van der Waals surface area contributed by atoms with Crippen LogP contribution in [0.2, 0.25) is 0 Å². The van der Waals surface area contributed by atoms with Crippen LogP contribution in [-0.2, 0) is 5.60 Å². The van der Waals surface area contributed by atoms with Gasteiger partial charge in [0.15, 0.2) is 5.60 Å². The Morgan fingerprint density at radius 3 is 1.23 bits per heavy atom. The molecule has 138 valence electrons. The number of hydrogen-bond donors (Lipinski definition) is 7. The van der Waals surface area contributed by atoms with Gasteiger partial charge < -0.3 is 14.6 Å². The van der Waals surface area contributed by atoms with Gasteiger partial charge in [0, 0.05) is 11.1 Å². The molecule has 2 aromatic rings.